The molecular weight excluding hydrogens is 288 g/mol. The molecule has 1 heterocycles. The van der Waals surface area contributed by atoms with Crippen molar-refractivity contribution in [3.63, 3.8) is 0 Å². The molecule has 1 N–H and O–H groups in total. The van der Waals surface area contributed by atoms with Gasteiger partial charge >= 0.3 is 5.97 Å². The summed E-state index contributed by atoms with van der Waals surface area (Å²) in [5.74, 6) is -0.887. The molecule has 0 radical (unpaired) electrons. The Kier molecular flexibility index (Phi) is 5.08. The summed E-state index contributed by atoms with van der Waals surface area (Å²) in [7, 11) is 0. The van der Waals surface area contributed by atoms with Gasteiger partial charge in [0.15, 0.2) is 0 Å². The van der Waals surface area contributed by atoms with Crippen molar-refractivity contribution in [1.82, 2.24) is 0 Å². The summed E-state index contributed by atoms with van der Waals surface area (Å²) in [6, 6.07) is 4.61. The van der Waals surface area contributed by atoms with Gasteiger partial charge in [-0.25, -0.2) is 0 Å². The van der Waals surface area contributed by atoms with Gasteiger partial charge in [-0.1, -0.05) is 12.5 Å². The van der Waals surface area contributed by atoms with Crippen molar-refractivity contribution in [3.05, 3.63) is 33.9 Å². The van der Waals surface area contributed by atoms with Gasteiger partial charge in [-0.05, 0) is 24.8 Å². The molecule has 1 aromatic carbocycles. The van der Waals surface area contributed by atoms with Crippen LogP contribution >= 0.6 is 0 Å². The number of nitro groups is 1. The summed E-state index contributed by atoms with van der Waals surface area (Å²) in [6.07, 6.45) is 3.04. The molecule has 1 aliphatic rings. The fourth-order valence-electron chi connectivity index (χ4n) is 2.60. The first-order valence-electron chi connectivity index (χ1n) is 7.28. The number of carbonyl (C=O) groups excluding carboxylic acids is 1. The summed E-state index contributed by atoms with van der Waals surface area (Å²) in [5, 5.41) is 19.4. The molecule has 0 fully saturated rings. The number of carboxylic acids is 1. The molecule has 1 amide bonds. The fourth-order valence-corrected chi connectivity index (χ4v) is 2.60. The lowest BCUT2D eigenvalue weighted by Gasteiger charge is -2.17. The molecule has 0 aliphatic carbocycles. The van der Waals surface area contributed by atoms with Crippen molar-refractivity contribution < 1.29 is 19.6 Å². The van der Waals surface area contributed by atoms with Gasteiger partial charge in [0.05, 0.1) is 10.6 Å². The first kappa shape index (κ1) is 15.9. The average molecular weight is 306 g/mol. The van der Waals surface area contributed by atoms with E-state index in [4.69, 9.17) is 5.11 Å². The van der Waals surface area contributed by atoms with Gasteiger partial charge in [-0.2, -0.15) is 0 Å². The number of hydrogen-bond acceptors (Lipinski definition) is 4. The van der Waals surface area contributed by atoms with Crippen molar-refractivity contribution in [2.75, 3.05) is 11.4 Å². The molecular formula is C15H18N2O5. The third-order valence-corrected chi connectivity index (χ3v) is 3.76. The minimum atomic E-state index is -0.827. The van der Waals surface area contributed by atoms with Crippen molar-refractivity contribution in [3.8, 4) is 0 Å². The Morgan fingerprint density at radius 2 is 1.95 bits per heavy atom. The van der Waals surface area contributed by atoms with E-state index < -0.39 is 10.9 Å². The topological polar surface area (TPSA) is 101 Å². The molecule has 7 nitrogen and oxygen atoms in total. The molecule has 0 aromatic heterocycles. The first-order chi connectivity index (χ1) is 10.5. The Labute approximate surface area is 127 Å². The van der Waals surface area contributed by atoms with Crippen LogP contribution in [-0.2, 0) is 16.0 Å². The largest absolute Gasteiger partial charge is 0.481 e. The molecule has 0 atom stereocenters. The third kappa shape index (κ3) is 3.81. The van der Waals surface area contributed by atoms with Crippen molar-refractivity contribution >= 4 is 23.3 Å². The normalized spacial score (nSPS) is 13.0. The van der Waals surface area contributed by atoms with Gasteiger partial charge < -0.3 is 10.0 Å². The van der Waals surface area contributed by atoms with Crippen molar-refractivity contribution in [2.45, 2.75) is 38.5 Å². The van der Waals surface area contributed by atoms with Gasteiger partial charge in [-0.15, -0.1) is 0 Å². The lowest BCUT2D eigenvalue weighted by Crippen LogP contribution is -2.28. The minimum absolute atomic E-state index is 0.0140. The highest BCUT2D eigenvalue weighted by Crippen LogP contribution is 2.32. The Hall–Kier alpha value is -2.44. The number of non-ortho nitro benzene ring substituents is 1. The second-order valence-electron chi connectivity index (χ2n) is 5.32. The summed E-state index contributed by atoms with van der Waals surface area (Å²) in [4.78, 5) is 34.6. The number of hydrogen-bond donors (Lipinski definition) is 1. The summed E-state index contributed by atoms with van der Waals surface area (Å²) >= 11 is 0. The van der Waals surface area contributed by atoms with E-state index in [0.717, 1.165) is 5.56 Å². The maximum Gasteiger partial charge on any atom is 0.303 e. The molecule has 0 spiro atoms. The molecule has 0 unspecified atom stereocenters. The zero-order valence-corrected chi connectivity index (χ0v) is 12.2. The highest BCUT2D eigenvalue weighted by Gasteiger charge is 2.26. The number of fused-ring (bicyclic) bond motifs is 1. The van der Waals surface area contributed by atoms with Gasteiger partial charge in [0.2, 0.25) is 5.91 Å². The van der Waals surface area contributed by atoms with E-state index in [2.05, 4.69) is 0 Å². The van der Waals surface area contributed by atoms with E-state index in [1.54, 1.807) is 11.0 Å². The quantitative estimate of drug-likeness (QED) is 0.474. The van der Waals surface area contributed by atoms with E-state index in [1.165, 1.54) is 12.1 Å². The number of amides is 1. The van der Waals surface area contributed by atoms with Crippen LogP contribution in [0.4, 0.5) is 11.4 Å². The summed E-state index contributed by atoms with van der Waals surface area (Å²) in [5.41, 5.74) is 1.56. The SMILES string of the molecule is O=C(O)CCCCCC(=O)N1CCc2ccc([N+](=O)[O-])cc21. The van der Waals surface area contributed by atoms with Crippen LogP contribution in [0.25, 0.3) is 0 Å². The van der Waals surface area contributed by atoms with Gasteiger partial charge in [0.1, 0.15) is 0 Å². The highest BCUT2D eigenvalue weighted by molar-refractivity contribution is 5.95. The number of carboxylic acid groups (broad SMARTS) is 1. The van der Waals surface area contributed by atoms with E-state index in [0.29, 0.717) is 44.3 Å². The van der Waals surface area contributed by atoms with Crippen LogP contribution in [0.3, 0.4) is 0 Å². The van der Waals surface area contributed by atoms with E-state index in [9.17, 15) is 19.7 Å². The molecule has 22 heavy (non-hydrogen) atoms. The second kappa shape index (κ2) is 7.02. The monoisotopic (exact) mass is 306 g/mol. The lowest BCUT2D eigenvalue weighted by molar-refractivity contribution is -0.384. The zero-order chi connectivity index (χ0) is 16.1. The zero-order valence-electron chi connectivity index (χ0n) is 12.2. The predicted molar refractivity (Wildman–Crippen MR) is 79.9 cm³/mol. The Balaban J connectivity index is 1.92. The Morgan fingerprint density at radius 3 is 2.64 bits per heavy atom. The number of unbranched alkanes of at least 4 members (excludes halogenated alkanes) is 2. The third-order valence-electron chi connectivity index (χ3n) is 3.76. The molecule has 1 aliphatic heterocycles. The molecule has 0 saturated heterocycles. The summed E-state index contributed by atoms with van der Waals surface area (Å²) in [6.45, 7) is 0.546. The summed E-state index contributed by atoms with van der Waals surface area (Å²) < 4.78 is 0. The van der Waals surface area contributed by atoms with Gasteiger partial charge in [0.25, 0.3) is 5.69 Å². The minimum Gasteiger partial charge on any atom is -0.481 e. The predicted octanol–water partition coefficient (Wildman–Crippen LogP) is 2.52. The fraction of sp³-hybridized carbons (Fsp3) is 0.467. The van der Waals surface area contributed by atoms with Crippen LogP contribution in [0.15, 0.2) is 18.2 Å². The number of nitrogens with zero attached hydrogens (tertiary/aromatic N) is 2. The highest BCUT2D eigenvalue weighted by atomic mass is 16.6. The standard InChI is InChI=1S/C15H18N2O5/c18-14(4-2-1-3-5-15(19)20)16-9-8-11-6-7-12(17(21)22)10-13(11)16/h6-7,10H,1-5,8-9H2,(H,19,20). The van der Waals surface area contributed by atoms with Crippen LogP contribution in [0.2, 0.25) is 0 Å². The van der Waals surface area contributed by atoms with Gasteiger partial charge in [-0.3, -0.25) is 19.7 Å². The lowest BCUT2D eigenvalue weighted by atomic mass is 10.1. The van der Waals surface area contributed by atoms with Gasteiger partial charge in [0, 0.05) is 31.5 Å². The Bertz CT molecular complexity index is 600. The van der Waals surface area contributed by atoms with Crippen LogP contribution in [0.5, 0.6) is 0 Å². The smallest absolute Gasteiger partial charge is 0.303 e. The maximum absolute atomic E-state index is 12.2. The molecule has 0 bridgehead atoms. The molecule has 7 heteroatoms. The van der Waals surface area contributed by atoms with Crippen LogP contribution in [-0.4, -0.2) is 28.5 Å². The molecule has 118 valence electrons. The number of rotatable bonds is 7. The number of carbonyl (C=O) groups is 2. The van der Waals surface area contributed by atoms with E-state index >= 15 is 0 Å². The second-order valence-corrected chi connectivity index (χ2v) is 5.32. The van der Waals surface area contributed by atoms with E-state index in [-0.39, 0.29) is 18.0 Å². The van der Waals surface area contributed by atoms with Crippen LogP contribution in [0, 0.1) is 10.1 Å². The molecule has 1 aromatic rings. The van der Waals surface area contributed by atoms with Crippen LogP contribution in [0.1, 0.15) is 37.7 Å². The average Bonchev–Trinajstić information content (AvgIpc) is 2.89. The first-order valence-corrected chi connectivity index (χ1v) is 7.28. The molecule has 2 rings (SSSR count). The number of benzene rings is 1. The molecule has 0 saturated carbocycles. The maximum atomic E-state index is 12.2. The number of nitro benzene ring substituents is 1. The van der Waals surface area contributed by atoms with E-state index in [1.807, 2.05) is 0 Å². The van der Waals surface area contributed by atoms with Crippen molar-refractivity contribution in [1.29, 1.82) is 0 Å². The number of aliphatic carboxylic acids is 1. The van der Waals surface area contributed by atoms with Crippen LogP contribution < -0.4 is 4.90 Å². The number of anilines is 1. The Morgan fingerprint density at radius 1 is 1.23 bits per heavy atom. The van der Waals surface area contributed by atoms with Crippen molar-refractivity contribution in [2.24, 2.45) is 0 Å².